The second-order valence-electron chi connectivity index (χ2n) is 2.19. The Bertz CT molecular complexity index is 109. The Morgan fingerprint density at radius 1 is 1.88 bits per heavy atom. The van der Waals surface area contributed by atoms with E-state index in [9.17, 15) is 0 Å². The van der Waals surface area contributed by atoms with Crippen LogP contribution in [-0.4, -0.2) is 6.54 Å². The van der Waals surface area contributed by atoms with Crippen molar-refractivity contribution in [1.82, 2.24) is 0 Å². The Kier molecular flexibility index (Phi) is 1.92. The molecular formula is C6H10ClN. The minimum atomic E-state index is 0.627. The third-order valence-electron chi connectivity index (χ3n) is 1.49. The zero-order chi connectivity index (χ0) is 5.98. The van der Waals surface area contributed by atoms with Gasteiger partial charge in [-0.3, -0.25) is 0 Å². The van der Waals surface area contributed by atoms with E-state index in [1.807, 2.05) is 0 Å². The molecule has 2 heteroatoms. The predicted molar refractivity (Wildman–Crippen MR) is 35.7 cm³/mol. The van der Waals surface area contributed by atoms with E-state index in [4.69, 9.17) is 17.3 Å². The van der Waals surface area contributed by atoms with Crippen LogP contribution in [0, 0.1) is 5.92 Å². The molecule has 0 spiro atoms. The molecular weight excluding hydrogens is 122 g/mol. The summed E-state index contributed by atoms with van der Waals surface area (Å²) in [5.41, 5.74) is 5.40. The second-order valence-corrected chi connectivity index (χ2v) is 2.68. The number of halogens is 1. The van der Waals surface area contributed by atoms with E-state index in [2.05, 4.69) is 6.08 Å². The van der Waals surface area contributed by atoms with E-state index in [0.717, 1.165) is 24.4 Å². The van der Waals surface area contributed by atoms with Gasteiger partial charge in [0.25, 0.3) is 0 Å². The Balaban J connectivity index is 2.32. The van der Waals surface area contributed by atoms with E-state index < -0.39 is 0 Å². The van der Waals surface area contributed by atoms with Crippen molar-refractivity contribution in [1.29, 1.82) is 0 Å². The summed E-state index contributed by atoms with van der Waals surface area (Å²) in [6, 6.07) is 0. The summed E-state index contributed by atoms with van der Waals surface area (Å²) >= 11 is 5.69. The average Bonchev–Trinajstić information content (AvgIpc) is 2.14. The monoisotopic (exact) mass is 131 g/mol. The van der Waals surface area contributed by atoms with Gasteiger partial charge in [-0.2, -0.15) is 0 Å². The molecule has 0 heterocycles. The number of hydrogen-bond donors (Lipinski definition) is 1. The third-order valence-corrected chi connectivity index (χ3v) is 1.80. The molecule has 0 fully saturated rings. The van der Waals surface area contributed by atoms with Crippen LogP contribution in [0.25, 0.3) is 0 Å². The molecule has 0 saturated heterocycles. The van der Waals surface area contributed by atoms with Gasteiger partial charge in [0.2, 0.25) is 0 Å². The van der Waals surface area contributed by atoms with Crippen molar-refractivity contribution in [3.63, 3.8) is 0 Å². The van der Waals surface area contributed by atoms with Gasteiger partial charge in [-0.1, -0.05) is 17.7 Å². The summed E-state index contributed by atoms with van der Waals surface area (Å²) in [4.78, 5) is 0. The molecule has 0 bridgehead atoms. The lowest BCUT2D eigenvalue weighted by atomic mass is 10.1. The van der Waals surface area contributed by atoms with E-state index in [1.54, 1.807) is 0 Å². The van der Waals surface area contributed by atoms with Gasteiger partial charge in [-0.15, -0.1) is 0 Å². The van der Waals surface area contributed by atoms with Crippen molar-refractivity contribution in [3.05, 3.63) is 11.1 Å². The molecule has 2 N–H and O–H groups in total. The fourth-order valence-corrected chi connectivity index (χ4v) is 1.22. The topological polar surface area (TPSA) is 26.0 Å². The molecule has 1 rings (SSSR count). The van der Waals surface area contributed by atoms with Crippen LogP contribution >= 0.6 is 11.6 Å². The van der Waals surface area contributed by atoms with Gasteiger partial charge >= 0.3 is 0 Å². The van der Waals surface area contributed by atoms with Crippen molar-refractivity contribution in [2.24, 2.45) is 11.7 Å². The highest BCUT2D eigenvalue weighted by Crippen LogP contribution is 2.25. The molecule has 0 aromatic heterocycles. The third kappa shape index (κ3) is 1.23. The highest BCUT2D eigenvalue weighted by Gasteiger charge is 2.12. The second kappa shape index (κ2) is 2.51. The summed E-state index contributed by atoms with van der Waals surface area (Å²) < 4.78 is 0. The van der Waals surface area contributed by atoms with Crippen LogP contribution in [-0.2, 0) is 0 Å². The van der Waals surface area contributed by atoms with Crippen LogP contribution in [0.1, 0.15) is 12.8 Å². The summed E-state index contributed by atoms with van der Waals surface area (Å²) in [5.74, 6) is 0.627. The zero-order valence-electron chi connectivity index (χ0n) is 4.73. The highest BCUT2D eigenvalue weighted by molar-refractivity contribution is 6.29. The van der Waals surface area contributed by atoms with Crippen LogP contribution < -0.4 is 5.73 Å². The minimum absolute atomic E-state index is 0.627. The fraction of sp³-hybridized carbons (Fsp3) is 0.667. The molecule has 1 nitrogen and oxygen atoms in total. The predicted octanol–water partition coefficient (Wildman–Crippen LogP) is 1.48. The van der Waals surface area contributed by atoms with E-state index in [1.165, 1.54) is 0 Å². The molecule has 0 aromatic rings. The van der Waals surface area contributed by atoms with Crippen LogP contribution in [0.4, 0.5) is 0 Å². The Morgan fingerprint density at radius 2 is 2.62 bits per heavy atom. The van der Waals surface area contributed by atoms with Crippen molar-refractivity contribution < 1.29 is 0 Å². The molecule has 0 aromatic carbocycles. The average molecular weight is 132 g/mol. The number of nitrogens with two attached hydrogens (primary N) is 1. The first-order valence-corrected chi connectivity index (χ1v) is 3.25. The zero-order valence-corrected chi connectivity index (χ0v) is 5.49. The van der Waals surface area contributed by atoms with Crippen LogP contribution in [0.2, 0.25) is 0 Å². The maximum Gasteiger partial charge on any atom is 0.0144 e. The van der Waals surface area contributed by atoms with Gasteiger partial charge in [-0.25, -0.2) is 0 Å². The SMILES string of the molecule is NC[C@@H]1CC=C(Cl)C1. The van der Waals surface area contributed by atoms with Gasteiger partial charge in [0, 0.05) is 5.03 Å². The lowest BCUT2D eigenvalue weighted by molar-refractivity contribution is 0.581. The number of hydrogen-bond acceptors (Lipinski definition) is 1. The van der Waals surface area contributed by atoms with Crippen molar-refractivity contribution in [3.8, 4) is 0 Å². The first-order valence-electron chi connectivity index (χ1n) is 2.87. The van der Waals surface area contributed by atoms with Crippen molar-refractivity contribution in [2.75, 3.05) is 6.54 Å². The van der Waals surface area contributed by atoms with E-state index in [0.29, 0.717) is 5.92 Å². The maximum absolute atomic E-state index is 5.69. The summed E-state index contributed by atoms with van der Waals surface area (Å²) in [6.07, 6.45) is 4.13. The Labute approximate surface area is 54.5 Å². The van der Waals surface area contributed by atoms with Crippen LogP contribution in [0.15, 0.2) is 11.1 Å². The standard InChI is InChI=1S/C6H10ClN/c7-6-2-1-5(3-6)4-8/h2,5H,1,3-4,8H2/t5-/m1/s1. The van der Waals surface area contributed by atoms with Crippen LogP contribution in [0.3, 0.4) is 0 Å². The van der Waals surface area contributed by atoms with Crippen molar-refractivity contribution in [2.45, 2.75) is 12.8 Å². The minimum Gasteiger partial charge on any atom is -0.330 e. The first-order chi connectivity index (χ1) is 3.83. The molecule has 8 heavy (non-hydrogen) atoms. The molecule has 0 amide bonds. The lowest BCUT2D eigenvalue weighted by Crippen LogP contribution is -2.10. The van der Waals surface area contributed by atoms with Crippen LogP contribution in [0.5, 0.6) is 0 Å². The van der Waals surface area contributed by atoms with E-state index >= 15 is 0 Å². The Morgan fingerprint density at radius 3 is 2.88 bits per heavy atom. The molecule has 0 aliphatic heterocycles. The summed E-state index contributed by atoms with van der Waals surface area (Å²) in [7, 11) is 0. The largest absolute Gasteiger partial charge is 0.330 e. The Hall–Kier alpha value is -0.0100. The van der Waals surface area contributed by atoms with Gasteiger partial charge < -0.3 is 5.73 Å². The summed E-state index contributed by atoms with van der Waals surface area (Å²) in [5, 5.41) is 0.987. The maximum atomic E-state index is 5.69. The molecule has 0 radical (unpaired) electrons. The smallest absolute Gasteiger partial charge is 0.0144 e. The molecule has 0 unspecified atom stereocenters. The van der Waals surface area contributed by atoms with Gasteiger partial charge in [0.05, 0.1) is 0 Å². The van der Waals surface area contributed by atoms with Gasteiger partial charge in [-0.05, 0) is 25.3 Å². The number of allylic oxidation sites excluding steroid dienone is 2. The number of rotatable bonds is 1. The molecule has 1 atom stereocenters. The quantitative estimate of drug-likeness (QED) is 0.573. The fourth-order valence-electron chi connectivity index (χ4n) is 0.917. The lowest BCUT2D eigenvalue weighted by Gasteiger charge is -2.01. The molecule has 1 aliphatic rings. The first kappa shape index (κ1) is 6.12. The van der Waals surface area contributed by atoms with Gasteiger partial charge in [0.1, 0.15) is 0 Å². The summed E-state index contributed by atoms with van der Waals surface area (Å²) in [6.45, 7) is 0.771. The molecule has 0 saturated carbocycles. The normalized spacial score (nSPS) is 28.2. The molecule has 1 aliphatic carbocycles. The molecule has 46 valence electrons. The van der Waals surface area contributed by atoms with E-state index in [-0.39, 0.29) is 0 Å². The van der Waals surface area contributed by atoms with Crippen molar-refractivity contribution >= 4 is 11.6 Å². The highest BCUT2D eigenvalue weighted by atomic mass is 35.5. The van der Waals surface area contributed by atoms with Gasteiger partial charge in [0.15, 0.2) is 0 Å².